The van der Waals surface area contributed by atoms with Gasteiger partial charge >= 0.3 is 0 Å². The minimum absolute atomic E-state index is 0.101. The lowest BCUT2D eigenvalue weighted by molar-refractivity contribution is 0.337. The van der Waals surface area contributed by atoms with Gasteiger partial charge in [0.15, 0.2) is 5.82 Å². The highest BCUT2D eigenvalue weighted by atomic mass is 15.3. The normalized spacial score (nSPS) is 21.4. The van der Waals surface area contributed by atoms with Crippen LogP contribution in [0.5, 0.6) is 0 Å². The predicted molar refractivity (Wildman–Crippen MR) is 87.5 cm³/mol. The Labute approximate surface area is 128 Å². The van der Waals surface area contributed by atoms with Crippen LogP contribution in [0.4, 0.5) is 5.82 Å². The van der Waals surface area contributed by atoms with Crippen molar-refractivity contribution < 1.29 is 0 Å². The first-order chi connectivity index (χ1) is 9.85. The molecule has 1 aromatic heterocycles. The van der Waals surface area contributed by atoms with Gasteiger partial charge in [0, 0.05) is 31.2 Å². The molecule has 1 saturated heterocycles. The molecule has 1 atom stereocenters. The zero-order valence-corrected chi connectivity index (χ0v) is 14.1. The molecule has 0 aliphatic carbocycles. The lowest BCUT2D eigenvalue weighted by atomic mass is 10.1. The van der Waals surface area contributed by atoms with Gasteiger partial charge < -0.3 is 15.1 Å². The van der Waals surface area contributed by atoms with Gasteiger partial charge in [-0.3, -0.25) is 0 Å². The van der Waals surface area contributed by atoms with Crippen LogP contribution in [0.2, 0.25) is 0 Å². The number of nitrogens with one attached hydrogen (secondary N) is 1. The Hall–Kier alpha value is -1.20. The summed E-state index contributed by atoms with van der Waals surface area (Å²) in [5, 5.41) is 12.2. The second-order valence-corrected chi connectivity index (χ2v) is 7.14. The minimum atomic E-state index is 0.101. The Morgan fingerprint density at radius 3 is 2.62 bits per heavy atom. The molecule has 2 heterocycles. The number of hydrogen-bond acceptors (Lipinski definition) is 5. The largest absolute Gasteiger partial charge is 0.351 e. The number of aromatic nitrogens is 2. The number of nitrogens with zero attached hydrogens (tertiary/aromatic N) is 4. The maximum atomic E-state index is 4.44. The highest BCUT2D eigenvalue weighted by Gasteiger charge is 2.21. The molecule has 0 saturated carbocycles. The number of hydrogen-bond donors (Lipinski definition) is 1. The van der Waals surface area contributed by atoms with Crippen molar-refractivity contribution in [2.75, 3.05) is 31.6 Å². The molecule has 118 valence electrons. The first-order valence-corrected chi connectivity index (χ1v) is 7.88. The van der Waals surface area contributed by atoms with Crippen molar-refractivity contribution in [3.05, 3.63) is 17.8 Å². The predicted octanol–water partition coefficient (Wildman–Crippen LogP) is 1.90. The molecule has 0 spiro atoms. The molecule has 1 aromatic rings. The maximum Gasteiger partial charge on any atom is 0.151 e. The molecule has 1 unspecified atom stereocenters. The Bertz CT molecular complexity index is 437. The van der Waals surface area contributed by atoms with E-state index in [1.165, 1.54) is 6.42 Å². The summed E-state index contributed by atoms with van der Waals surface area (Å²) in [5.41, 5.74) is 1.10. The van der Waals surface area contributed by atoms with E-state index in [4.69, 9.17) is 0 Å². The molecule has 1 fully saturated rings. The average Bonchev–Trinajstić information content (AvgIpc) is 2.57. The summed E-state index contributed by atoms with van der Waals surface area (Å²) in [7, 11) is 2.19. The summed E-state index contributed by atoms with van der Waals surface area (Å²) in [6.07, 6.45) is 1.18. The smallest absolute Gasteiger partial charge is 0.151 e. The molecular weight excluding hydrogens is 262 g/mol. The van der Waals surface area contributed by atoms with Crippen molar-refractivity contribution in [2.24, 2.45) is 0 Å². The summed E-state index contributed by atoms with van der Waals surface area (Å²) in [6, 6.07) is 4.67. The quantitative estimate of drug-likeness (QED) is 0.921. The fourth-order valence-corrected chi connectivity index (χ4v) is 2.67. The van der Waals surface area contributed by atoms with E-state index in [1.807, 2.05) is 0 Å². The van der Waals surface area contributed by atoms with Gasteiger partial charge in [0.05, 0.1) is 5.69 Å². The lowest BCUT2D eigenvalue weighted by Crippen LogP contribution is -2.38. The van der Waals surface area contributed by atoms with Crippen molar-refractivity contribution in [1.82, 2.24) is 20.4 Å². The number of likely N-dealkylation sites (N-methyl/N-ethyl adjacent to an activating group) is 1. The molecule has 1 aliphatic rings. The first-order valence-electron chi connectivity index (χ1n) is 7.88. The van der Waals surface area contributed by atoms with Crippen LogP contribution in [0, 0.1) is 0 Å². The summed E-state index contributed by atoms with van der Waals surface area (Å²) in [6.45, 7) is 12.8. The van der Waals surface area contributed by atoms with Crippen LogP contribution >= 0.6 is 0 Å². The third kappa shape index (κ3) is 4.93. The topological polar surface area (TPSA) is 44.3 Å². The third-order valence-corrected chi connectivity index (χ3v) is 3.85. The standard InChI is InChI=1S/C16H29N5/c1-13-12-20(5)9-6-10-21(13)15-8-7-14(18-19-15)11-17-16(2,3)4/h7-8,13,17H,6,9-12H2,1-5H3. The van der Waals surface area contributed by atoms with E-state index in [-0.39, 0.29) is 5.54 Å². The Kier molecular flexibility index (Phi) is 5.17. The monoisotopic (exact) mass is 291 g/mol. The van der Waals surface area contributed by atoms with Crippen LogP contribution in [0.15, 0.2) is 12.1 Å². The fourth-order valence-electron chi connectivity index (χ4n) is 2.67. The molecule has 0 amide bonds. The van der Waals surface area contributed by atoms with E-state index >= 15 is 0 Å². The molecule has 1 N–H and O–H groups in total. The highest BCUT2D eigenvalue weighted by Crippen LogP contribution is 2.17. The van der Waals surface area contributed by atoms with Crippen LogP contribution in [0.1, 0.15) is 39.8 Å². The first kappa shape index (κ1) is 16.2. The third-order valence-electron chi connectivity index (χ3n) is 3.85. The van der Waals surface area contributed by atoms with Crippen LogP contribution in [-0.2, 0) is 6.54 Å². The van der Waals surface area contributed by atoms with Crippen LogP contribution in [0.3, 0.4) is 0 Å². The zero-order valence-electron chi connectivity index (χ0n) is 14.1. The van der Waals surface area contributed by atoms with Gasteiger partial charge in [0.1, 0.15) is 0 Å². The maximum absolute atomic E-state index is 4.44. The number of anilines is 1. The van der Waals surface area contributed by atoms with Crippen molar-refractivity contribution in [3.63, 3.8) is 0 Å². The SMILES string of the molecule is CC1CN(C)CCCN1c1ccc(CNC(C)(C)C)nn1. The van der Waals surface area contributed by atoms with Crippen molar-refractivity contribution in [3.8, 4) is 0 Å². The molecule has 1 aliphatic heterocycles. The fraction of sp³-hybridized carbons (Fsp3) is 0.750. The minimum Gasteiger partial charge on any atom is -0.351 e. The Balaban J connectivity index is 2.01. The summed E-state index contributed by atoms with van der Waals surface area (Å²) in [4.78, 5) is 4.76. The summed E-state index contributed by atoms with van der Waals surface area (Å²) >= 11 is 0. The zero-order chi connectivity index (χ0) is 15.5. The Morgan fingerprint density at radius 2 is 2.00 bits per heavy atom. The van der Waals surface area contributed by atoms with Crippen LogP contribution < -0.4 is 10.2 Å². The van der Waals surface area contributed by atoms with E-state index in [1.54, 1.807) is 0 Å². The van der Waals surface area contributed by atoms with Crippen molar-refractivity contribution in [1.29, 1.82) is 0 Å². The van der Waals surface area contributed by atoms with E-state index < -0.39 is 0 Å². The van der Waals surface area contributed by atoms with Gasteiger partial charge in [0.25, 0.3) is 0 Å². The van der Waals surface area contributed by atoms with E-state index in [0.717, 1.165) is 37.7 Å². The molecule has 5 nitrogen and oxygen atoms in total. The molecule has 2 rings (SSSR count). The molecule has 0 bridgehead atoms. The summed E-state index contributed by atoms with van der Waals surface area (Å²) in [5.74, 6) is 0.998. The number of rotatable bonds is 3. The molecule has 5 heteroatoms. The lowest BCUT2D eigenvalue weighted by Gasteiger charge is -2.28. The molecule has 0 radical (unpaired) electrons. The van der Waals surface area contributed by atoms with Crippen LogP contribution in [0.25, 0.3) is 0 Å². The Morgan fingerprint density at radius 1 is 1.24 bits per heavy atom. The van der Waals surface area contributed by atoms with Crippen LogP contribution in [-0.4, -0.2) is 53.4 Å². The van der Waals surface area contributed by atoms with Gasteiger partial charge in [0.2, 0.25) is 0 Å². The average molecular weight is 291 g/mol. The van der Waals surface area contributed by atoms with Gasteiger partial charge in [-0.2, -0.15) is 5.10 Å². The highest BCUT2D eigenvalue weighted by molar-refractivity contribution is 5.39. The molecule has 0 aromatic carbocycles. The van der Waals surface area contributed by atoms with Crippen molar-refractivity contribution >= 4 is 5.82 Å². The van der Waals surface area contributed by atoms with Gasteiger partial charge in [-0.1, -0.05) is 0 Å². The van der Waals surface area contributed by atoms with E-state index in [0.29, 0.717) is 6.04 Å². The van der Waals surface area contributed by atoms with Gasteiger partial charge in [-0.15, -0.1) is 5.10 Å². The second-order valence-electron chi connectivity index (χ2n) is 7.14. The molecular formula is C16H29N5. The molecule has 21 heavy (non-hydrogen) atoms. The summed E-state index contributed by atoms with van der Waals surface area (Å²) < 4.78 is 0. The second kappa shape index (κ2) is 6.71. The van der Waals surface area contributed by atoms with Gasteiger partial charge in [-0.25, -0.2) is 0 Å². The van der Waals surface area contributed by atoms with Gasteiger partial charge in [-0.05, 0) is 59.8 Å². The van der Waals surface area contributed by atoms with Crippen molar-refractivity contribution in [2.45, 2.75) is 52.2 Å². The van der Waals surface area contributed by atoms with E-state index in [2.05, 4.69) is 72.2 Å². The van der Waals surface area contributed by atoms with E-state index in [9.17, 15) is 0 Å².